The lowest BCUT2D eigenvalue weighted by molar-refractivity contribution is 0.174. The maximum atomic E-state index is 5.76. The molecular formula is C15H14N4O2. The number of hydrogen-bond acceptors (Lipinski definition) is 5. The van der Waals surface area contributed by atoms with Crippen LogP contribution in [0.4, 0.5) is 11.6 Å². The van der Waals surface area contributed by atoms with Crippen LogP contribution in [0.25, 0.3) is 11.0 Å². The summed E-state index contributed by atoms with van der Waals surface area (Å²) in [6.07, 6.45) is 0. The Morgan fingerprint density at radius 1 is 1.14 bits per heavy atom. The molecule has 0 radical (unpaired) electrons. The molecule has 106 valence electrons. The number of imidazole rings is 1. The molecule has 2 heterocycles. The van der Waals surface area contributed by atoms with Crippen LogP contribution in [0.1, 0.15) is 5.56 Å². The summed E-state index contributed by atoms with van der Waals surface area (Å²) in [6.45, 7) is 0.934. The van der Waals surface area contributed by atoms with Gasteiger partial charge in [-0.25, -0.2) is 4.98 Å². The van der Waals surface area contributed by atoms with E-state index in [1.54, 1.807) is 0 Å². The Bertz CT molecular complexity index is 813. The highest BCUT2D eigenvalue weighted by molar-refractivity contribution is 5.80. The summed E-state index contributed by atoms with van der Waals surface area (Å²) in [7, 11) is 0. The number of aromatic nitrogens is 2. The number of ether oxygens (including phenoxy) is 2. The fourth-order valence-corrected chi connectivity index (χ4v) is 2.35. The lowest BCUT2D eigenvalue weighted by Crippen LogP contribution is -2.00. The Kier molecular flexibility index (Phi) is 2.60. The molecule has 0 bridgehead atoms. The smallest absolute Gasteiger partial charge is 0.231 e. The van der Waals surface area contributed by atoms with Gasteiger partial charge in [0.15, 0.2) is 11.5 Å². The molecule has 6 heteroatoms. The van der Waals surface area contributed by atoms with Crippen molar-refractivity contribution >= 4 is 22.7 Å². The van der Waals surface area contributed by atoms with Crippen molar-refractivity contribution in [1.29, 1.82) is 0 Å². The molecule has 0 spiro atoms. The third-order valence-electron chi connectivity index (χ3n) is 3.40. The summed E-state index contributed by atoms with van der Waals surface area (Å²) in [6, 6.07) is 11.5. The quantitative estimate of drug-likeness (QED) is 0.643. The maximum absolute atomic E-state index is 5.76. The number of nitrogens with two attached hydrogens (primary N) is 1. The van der Waals surface area contributed by atoms with Gasteiger partial charge in [0.1, 0.15) is 0 Å². The van der Waals surface area contributed by atoms with Crippen LogP contribution >= 0.6 is 0 Å². The van der Waals surface area contributed by atoms with Crippen molar-refractivity contribution in [2.24, 2.45) is 0 Å². The molecule has 0 atom stereocenters. The minimum Gasteiger partial charge on any atom is -0.454 e. The molecule has 1 aliphatic rings. The Morgan fingerprint density at radius 3 is 3.00 bits per heavy atom. The highest BCUT2D eigenvalue weighted by atomic mass is 16.7. The van der Waals surface area contributed by atoms with E-state index in [0.717, 1.165) is 28.1 Å². The van der Waals surface area contributed by atoms with E-state index in [1.807, 2.05) is 36.4 Å². The molecule has 3 aromatic rings. The highest BCUT2D eigenvalue weighted by Gasteiger charge is 2.13. The molecule has 0 saturated carbocycles. The van der Waals surface area contributed by atoms with Crippen LogP contribution in [-0.2, 0) is 6.54 Å². The van der Waals surface area contributed by atoms with E-state index in [0.29, 0.717) is 18.2 Å². The highest BCUT2D eigenvalue weighted by Crippen LogP contribution is 2.32. The second-order valence-electron chi connectivity index (χ2n) is 4.90. The van der Waals surface area contributed by atoms with Gasteiger partial charge >= 0.3 is 0 Å². The Morgan fingerprint density at radius 2 is 2.05 bits per heavy atom. The number of fused-ring (bicyclic) bond motifs is 2. The fourth-order valence-electron chi connectivity index (χ4n) is 2.35. The number of aromatic amines is 1. The number of nitrogen functional groups attached to an aromatic ring is 1. The van der Waals surface area contributed by atoms with Gasteiger partial charge in [0.2, 0.25) is 12.7 Å². The lowest BCUT2D eigenvalue weighted by Gasteiger charge is -2.04. The van der Waals surface area contributed by atoms with Gasteiger partial charge in [0, 0.05) is 12.2 Å². The van der Waals surface area contributed by atoms with E-state index in [4.69, 9.17) is 15.2 Å². The normalized spacial score (nSPS) is 12.8. The summed E-state index contributed by atoms with van der Waals surface area (Å²) < 4.78 is 10.7. The van der Waals surface area contributed by atoms with Crippen molar-refractivity contribution in [3.05, 3.63) is 42.0 Å². The molecule has 4 N–H and O–H groups in total. The van der Waals surface area contributed by atoms with Crippen LogP contribution in [0.3, 0.4) is 0 Å². The average Bonchev–Trinajstić information content (AvgIpc) is 3.09. The predicted octanol–water partition coefficient (Wildman–Crippen LogP) is 2.49. The van der Waals surface area contributed by atoms with Gasteiger partial charge in [-0.15, -0.1) is 0 Å². The second kappa shape index (κ2) is 4.59. The van der Waals surface area contributed by atoms with Gasteiger partial charge in [0.25, 0.3) is 0 Å². The SMILES string of the molecule is Nc1ccc2nc(NCc3ccc4c(c3)OCO4)[nH]c2c1. The van der Waals surface area contributed by atoms with Crippen molar-refractivity contribution in [2.75, 3.05) is 17.8 Å². The number of H-pyrrole nitrogens is 1. The summed E-state index contributed by atoms with van der Waals surface area (Å²) in [4.78, 5) is 7.66. The van der Waals surface area contributed by atoms with Gasteiger partial charge < -0.3 is 25.5 Å². The average molecular weight is 282 g/mol. The van der Waals surface area contributed by atoms with Crippen LogP contribution in [-0.4, -0.2) is 16.8 Å². The second-order valence-corrected chi connectivity index (χ2v) is 4.90. The zero-order valence-electron chi connectivity index (χ0n) is 11.2. The Hall–Kier alpha value is -2.89. The van der Waals surface area contributed by atoms with E-state index >= 15 is 0 Å². The van der Waals surface area contributed by atoms with E-state index < -0.39 is 0 Å². The molecule has 1 aromatic heterocycles. The molecule has 0 aliphatic carbocycles. The molecule has 0 unspecified atom stereocenters. The summed E-state index contributed by atoms with van der Waals surface area (Å²) in [5, 5.41) is 3.26. The van der Waals surface area contributed by atoms with Crippen LogP contribution in [0.15, 0.2) is 36.4 Å². The monoisotopic (exact) mass is 282 g/mol. The standard InChI is InChI=1S/C15H14N4O2/c16-10-2-3-11-12(6-10)19-15(18-11)17-7-9-1-4-13-14(5-9)21-8-20-13/h1-6H,7-8,16H2,(H2,17,18,19). The van der Waals surface area contributed by atoms with Crippen LogP contribution in [0.2, 0.25) is 0 Å². The zero-order chi connectivity index (χ0) is 14.2. The van der Waals surface area contributed by atoms with Gasteiger partial charge in [-0.3, -0.25) is 0 Å². The molecule has 0 fully saturated rings. The molecule has 21 heavy (non-hydrogen) atoms. The predicted molar refractivity (Wildman–Crippen MR) is 80.4 cm³/mol. The number of benzene rings is 2. The van der Waals surface area contributed by atoms with Crippen LogP contribution < -0.4 is 20.5 Å². The van der Waals surface area contributed by atoms with E-state index in [1.165, 1.54) is 0 Å². The first-order valence-electron chi connectivity index (χ1n) is 6.65. The van der Waals surface area contributed by atoms with Crippen LogP contribution in [0.5, 0.6) is 11.5 Å². The lowest BCUT2D eigenvalue weighted by atomic mass is 10.2. The topological polar surface area (TPSA) is 85.2 Å². The van der Waals surface area contributed by atoms with Crippen LogP contribution in [0, 0.1) is 0 Å². The third kappa shape index (κ3) is 2.20. The molecule has 0 amide bonds. The summed E-state index contributed by atoms with van der Waals surface area (Å²) in [5.74, 6) is 2.29. The first-order chi connectivity index (χ1) is 10.3. The van der Waals surface area contributed by atoms with Crippen molar-refractivity contribution in [3.8, 4) is 11.5 Å². The van der Waals surface area contributed by atoms with Crippen molar-refractivity contribution in [1.82, 2.24) is 9.97 Å². The molecule has 6 nitrogen and oxygen atoms in total. The Labute approximate surface area is 120 Å². The van der Waals surface area contributed by atoms with E-state index in [2.05, 4.69) is 15.3 Å². The van der Waals surface area contributed by atoms with E-state index in [-0.39, 0.29) is 6.79 Å². The number of nitrogens with one attached hydrogen (secondary N) is 2. The molecule has 4 rings (SSSR count). The fraction of sp³-hybridized carbons (Fsp3) is 0.133. The van der Waals surface area contributed by atoms with Gasteiger partial charge in [-0.1, -0.05) is 6.07 Å². The third-order valence-corrected chi connectivity index (χ3v) is 3.40. The minimum absolute atomic E-state index is 0.289. The Balaban J connectivity index is 1.52. The largest absolute Gasteiger partial charge is 0.454 e. The zero-order valence-corrected chi connectivity index (χ0v) is 11.2. The molecule has 2 aromatic carbocycles. The summed E-state index contributed by atoms with van der Waals surface area (Å²) in [5.41, 5.74) is 9.38. The molecule has 0 saturated heterocycles. The van der Waals surface area contributed by atoms with Gasteiger partial charge in [0.05, 0.1) is 11.0 Å². The van der Waals surface area contributed by atoms with Crippen molar-refractivity contribution in [3.63, 3.8) is 0 Å². The van der Waals surface area contributed by atoms with Gasteiger partial charge in [-0.2, -0.15) is 0 Å². The van der Waals surface area contributed by atoms with E-state index in [9.17, 15) is 0 Å². The summed E-state index contributed by atoms with van der Waals surface area (Å²) >= 11 is 0. The first kappa shape index (κ1) is 11.9. The first-order valence-corrected chi connectivity index (χ1v) is 6.65. The number of hydrogen-bond donors (Lipinski definition) is 3. The van der Waals surface area contributed by atoms with Crippen molar-refractivity contribution < 1.29 is 9.47 Å². The molecule has 1 aliphatic heterocycles. The number of nitrogens with zero attached hydrogens (tertiary/aromatic N) is 1. The maximum Gasteiger partial charge on any atom is 0.231 e. The van der Waals surface area contributed by atoms with Gasteiger partial charge in [-0.05, 0) is 35.9 Å². The molecular weight excluding hydrogens is 268 g/mol. The number of anilines is 2. The number of rotatable bonds is 3. The van der Waals surface area contributed by atoms with Crippen molar-refractivity contribution in [2.45, 2.75) is 6.54 Å². The minimum atomic E-state index is 0.289.